The molecule has 0 radical (unpaired) electrons. The molecule has 5 nitrogen and oxygen atoms in total. The van der Waals surface area contributed by atoms with E-state index in [4.69, 9.17) is 8.94 Å². The van der Waals surface area contributed by atoms with Crippen molar-refractivity contribution in [3.8, 4) is 11.6 Å². The van der Waals surface area contributed by atoms with Crippen LogP contribution in [0.3, 0.4) is 0 Å². The van der Waals surface area contributed by atoms with Crippen molar-refractivity contribution >= 4 is 11.0 Å². The summed E-state index contributed by atoms with van der Waals surface area (Å²) in [5.74, 6) is 1.69. The Kier molecular flexibility index (Phi) is 3.29. The summed E-state index contributed by atoms with van der Waals surface area (Å²) in [7, 11) is 0. The Morgan fingerprint density at radius 2 is 2.16 bits per heavy atom. The molecule has 2 aromatic heterocycles. The molecule has 0 aliphatic carbocycles. The van der Waals surface area contributed by atoms with E-state index in [0.717, 1.165) is 23.9 Å². The van der Waals surface area contributed by atoms with Gasteiger partial charge in [0, 0.05) is 5.39 Å². The van der Waals surface area contributed by atoms with E-state index in [9.17, 15) is 0 Å². The molecule has 1 aromatic carbocycles. The van der Waals surface area contributed by atoms with Crippen LogP contribution in [0.4, 0.5) is 0 Å². The van der Waals surface area contributed by atoms with Gasteiger partial charge in [0.2, 0.25) is 11.7 Å². The number of rotatable bonds is 5. The first kappa shape index (κ1) is 11.9. The lowest BCUT2D eigenvalue weighted by atomic mass is 10.2. The maximum absolute atomic E-state index is 5.69. The minimum Gasteiger partial charge on any atom is -0.453 e. The number of para-hydroxylation sites is 1. The van der Waals surface area contributed by atoms with E-state index in [-0.39, 0.29) is 0 Å². The van der Waals surface area contributed by atoms with E-state index in [1.807, 2.05) is 30.3 Å². The molecule has 98 valence electrons. The van der Waals surface area contributed by atoms with Crippen LogP contribution in [0.1, 0.15) is 19.2 Å². The zero-order valence-corrected chi connectivity index (χ0v) is 10.7. The fourth-order valence-corrected chi connectivity index (χ4v) is 1.89. The minimum atomic E-state index is 0.490. The van der Waals surface area contributed by atoms with Crippen LogP contribution in [0.25, 0.3) is 22.6 Å². The highest BCUT2D eigenvalue weighted by Crippen LogP contribution is 2.25. The zero-order chi connectivity index (χ0) is 13.1. The number of hydrogen-bond acceptors (Lipinski definition) is 5. The normalized spacial score (nSPS) is 11.2. The molecule has 1 N–H and O–H groups in total. The van der Waals surface area contributed by atoms with Gasteiger partial charge >= 0.3 is 0 Å². The van der Waals surface area contributed by atoms with Gasteiger partial charge in [-0.2, -0.15) is 4.98 Å². The molecular formula is C14H15N3O2. The predicted molar refractivity (Wildman–Crippen MR) is 71.5 cm³/mol. The van der Waals surface area contributed by atoms with Crippen LogP contribution in [0.15, 0.2) is 39.3 Å². The van der Waals surface area contributed by atoms with E-state index < -0.39 is 0 Å². The number of furan rings is 1. The van der Waals surface area contributed by atoms with Crippen LogP contribution in [0.5, 0.6) is 0 Å². The molecule has 19 heavy (non-hydrogen) atoms. The van der Waals surface area contributed by atoms with Gasteiger partial charge in [-0.3, -0.25) is 0 Å². The largest absolute Gasteiger partial charge is 0.453 e. The number of nitrogens with zero attached hydrogens (tertiary/aromatic N) is 2. The van der Waals surface area contributed by atoms with Crippen LogP contribution in [0.2, 0.25) is 0 Å². The summed E-state index contributed by atoms with van der Waals surface area (Å²) in [4.78, 5) is 4.31. The summed E-state index contributed by atoms with van der Waals surface area (Å²) in [5.41, 5.74) is 0.827. The second-order valence-electron chi connectivity index (χ2n) is 4.34. The number of aromatic nitrogens is 2. The monoisotopic (exact) mass is 257 g/mol. The summed E-state index contributed by atoms with van der Waals surface area (Å²) in [6, 6.07) is 9.74. The van der Waals surface area contributed by atoms with Crippen LogP contribution >= 0.6 is 0 Å². The van der Waals surface area contributed by atoms with E-state index >= 15 is 0 Å². The fourth-order valence-electron chi connectivity index (χ4n) is 1.89. The second kappa shape index (κ2) is 5.24. The lowest BCUT2D eigenvalue weighted by Gasteiger charge is -1.95. The van der Waals surface area contributed by atoms with Crippen molar-refractivity contribution in [1.29, 1.82) is 0 Å². The Bertz CT molecular complexity index is 639. The number of nitrogens with one attached hydrogen (secondary N) is 1. The standard InChI is InChI=1S/C14H15N3O2/c1-2-7-15-9-13-16-14(17-19-13)12-8-10-5-3-4-6-11(10)18-12/h3-6,8,15H,2,7,9H2,1H3. The maximum Gasteiger partial charge on any atom is 0.241 e. The first-order valence-electron chi connectivity index (χ1n) is 6.39. The van der Waals surface area contributed by atoms with Crippen molar-refractivity contribution in [2.45, 2.75) is 19.9 Å². The van der Waals surface area contributed by atoms with E-state index in [0.29, 0.717) is 24.0 Å². The van der Waals surface area contributed by atoms with Gasteiger partial charge in [-0.05, 0) is 25.1 Å². The van der Waals surface area contributed by atoms with Crippen molar-refractivity contribution in [2.24, 2.45) is 0 Å². The molecule has 5 heteroatoms. The molecule has 0 spiro atoms. The number of benzene rings is 1. The van der Waals surface area contributed by atoms with Gasteiger partial charge in [-0.1, -0.05) is 30.3 Å². The Labute approximate surface area is 110 Å². The summed E-state index contributed by atoms with van der Waals surface area (Å²) in [5, 5.41) is 8.19. The Balaban J connectivity index is 1.81. The Hall–Kier alpha value is -2.14. The van der Waals surface area contributed by atoms with Crippen LogP contribution in [0, 0.1) is 0 Å². The van der Waals surface area contributed by atoms with Gasteiger partial charge in [0.1, 0.15) is 5.58 Å². The average Bonchev–Trinajstić information content (AvgIpc) is 3.04. The highest BCUT2D eigenvalue weighted by Gasteiger charge is 2.12. The topological polar surface area (TPSA) is 64.1 Å². The quantitative estimate of drug-likeness (QED) is 0.712. The number of fused-ring (bicyclic) bond motifs is 1. The SMILES string of the molecule is CCCNCc1nc(-c2cc3ccccc3o2)no1. The molecule has 0 amide bonds. The minimum absolute atomic E-state index is 0.490. The molecule has 0 saturated carbocycles. The highest BCUT2D eigenvalue weighted by molar-refractivity contribution is 5.81. The second-order valence-corrected chi connectivity index (χ2v) is 4.34. The van der Waals surface area contributed by atoms with Crippen LogP contribution in [-0.2, 0) is 6.54 Å². The Morgan fingerprint density at radius 3 is 3.00 bits per heavy atom. The third-order valence-corrected chi connectivity index (χ3v) is 2.82. The van der Waals surface area contributed by atoms with E-state index in [1.165, 1.54) is 0 Å². The van der Waals surface area contributed by atoms with Crippen molar-refractivity contribution in [1.82, 2.24) is 15.5 Å². The van der Waals surface area contributed by atoms with Gasteiger partial charge in [0.05, 0.1) is 6.54 Å². The summed E-state index contributed by atoms with van der Waals surface area (Å²) >= 11 is 0. The Morgan fingerprint density at radius 1 is 1.26 bits per heavy atom. The molecule has 0 aliphatic heterocycles. The molecule has 0 fully saturated rings. The average molecular weight is 257 g/mol. The smallest absolute Gasteiger partial charge is 0.241 e. The van der Waals surface area contributed by atoms with Crippen LogP contribution < -0.4 is 5.32 Å². The molecule has 3 rings (SSSR count). The van der Waals surface area contributed by atoms with Gasteiger partial charge in [0.25, 0.3) is 0 Å². The first-order valence-corrected chi connectivity index (χ1v) is 6.39. The van der Waals surface area contributed by atoms with E-state index in [1.54, 1.807) is 0 Å². The molecule has 0 aliphatic rings. The first-order chi connectivity index (χ1) is 9.36. The molecular weight excluding hydrogens is 242 g/mol. The molecule has 0 atom stereocenters. The summed E-state index contributed by atoms with van der Waals surface area (Å²) < 4.78 is 10.9. The van der Waals surface area contributed by atoms with Gasteiger partial charge in [0.15, 0.2) is 5.76 Å². The third-order valence-electron chi connectivity index (χ3n) is 2.82. The van der Waals surface area contributed by atoms with E-state index in [2.05, 4.69) is 22.4 Å². The van der Waals surface area contributed by atoms with Gasteiger partial charge in [-0.15, -0.1) is 0 Å². The molecule has 0 bridgehead atoms. The van der Waals surface area contributed by atoms with Crippen molar-refractivity contribution in [2.75, 3.05) is 6.54 Å². The molecule has 0 unspecified atom stereocenters. The van der Waals surface area contributed by atoms with Crippen LogP contribution in [-0.4, -0.2) is 16.7 Å². The lowest BCUT2D eigenvalue weighted by Crippen LogP contribution is -2.13. The van der Waals surface area contributed by atoms with Crippen molar-refractivity contribution in [3.05, 3.63) is 36.2 Å². The fraction of sp³-hybridized carbons (Fsp3) is 0.286. The molecule has 3 aromatic rings. The molecule has 2 heterocycles. The predicted octanol–water partition coefficient (Wildman–Crippen LogP) is 2.98. The van der Waals surface area contributed by atoms with Gasteiger partial charge < -0.3 is 14.3 Å². The third kappa shape index (κ3) is 2.51. The lowest BCUT2D eigenvalue weighted by molar-refractivity contribution is 0.367. The van der Waals surface area contributed by atoms with Gasteiger partial charge in [-0.25, -0.2) is 0 Å². The summed E-state index contributed by atoms with van der Waals surface area (Å²) in [6.45, 7) is 3.63. The number of hydrogen-bond donors (Lipinski definition) is 1. The highest BCUT2D eigenvalue weighted by atomic mass is 16.5. The summed E-state index contributed by atoms with van der Waals surface area (Å²) in [6.07, 6.45) is 1.07. The maximum atomic E-state index is 5.69. The van der Waals surface area contributed by atoms with Crippen molar-refractivity contribution < 1.29 is 8.94 Å². The van der Waals surface area contributed by atoms with Crippen molar-refractivity contribution in [3.63, 3.8) is 0 Å². The zero-order valence-electron chi connectivity index (χ0n) is 10.7. The molecule has 0 saturated heterocycles.